The van der Waals surface area contributed by atoms with Crippen molar-refractivity contribution in [2.75, 3.05) is 0 Å². The molecular weight excluding hydrogens is 334 g/mol. The van der Waals surface area contributed by atoms with E-state index in [2.05, 4.69) is 15.9 Å². The number of hydrogen-bond donors (Lipinski definition) is 2. The van der Waals surface area contributed by atoms with Gasteiger partial charge in [0.05, 0.1) is 0 Å². The highest BCUT2D eigenvalue weighted by Crippen LogP contribution is 2.87. The van der Waals surface area contributed by atoms with Crippen molar-refractivity contribution < 1.29 is 14.4 Å². The highest BCUT2D eigenvalue weighted by atomic mass is 79.9. The van der Waals surface area contributed by atoms with Gasteiger partial charge in [0.1, 0.15) is 0 Å². The lowest BCUT2D eigenvalue weighted by Crippen LogP contribution is -1.86. The molecular formula is C6H6BrCl2O3PS. The largest absolute Gasteiger partial charge is 0.396 e. The zero-order valence-corrected chi connectivity index (χ0v) is 11.4. The second kappa shape index (κ2) is 4.34. The van der Waals surface area contributed by atoms with E-state index in [1.165, 1.54) is 12.1 Å². The van der Waals surface area contributed by atoms with E-state index in [1.807, 2.05) is 0 Å². The summed E-state index contributed by atoms with van der Waals surface area (Å²) in [4.78, 5) is 18.1. The van der Waals surface area contributed by atoms with Crippen molar-refractivity contribution in [3.05, 3.63) is 28.7 Å². The molecule has 1 aromatic carbocycles. The fourth-order valence-electron chi connectivity index (χ4n) is 0.736. The van der Waals surface area contributed by atoms with Gasteiger partial charge < -0.3 is 9.79 Å². The zero-order valence-electron chi connectivity index (χ0n) is 6.60. The number of halogens is 3. The van der Waals surface area contributed by atoms with Crippen LogP contribution < -0.4 is 0 Å². The van der Waals surface area contributed by atoms with Crippen molar-refractivity contribution in [1.82, 2.24) is 0 Å². The fraction of sp³-hybridized carbons (Fsp3) is 0. The third-order valence-corrected chi connectivity index (χ3v) is 10.1. The standard InChI is InChI=1S/C6H6BrCl2O3PS/c7-5-1-3-6(4-2-5)14(8,9)13(10,11)12/h1-4H,(H2,10,11,12). The second-order valence-corrected chi connectivity index (χ2v) is 13.3. The summed E-state index contributed by atoms with van der Waals surface area (Å²) in [6.07, 6.45) is 0. The van der Waals surface area contributed by atoms with Crippen molar-refractivity contribution in [3.8, 4) is 0 Å². The van der Waals surface area contributed by atoms with Crippen LogP contribution in [-0.4, -0.2) is 9.79 Å². The number of benzene rings is 1. The van der Waals surface area contributed by atoms with Crippen molar-refractivity contribution in [3.63, 3.8) is 0 Å². The first-order valence-corrected chi connectivity index (χ1v) is 9.58. The molecule has 0 aliphatic heterocycles. The molecule has 80 valence electrons. The highest BCUT2D eigenvalue weighted by molar-refractivity contribution is 9.10. The lowest BCUT2D eigenvalue weighted by molar-refractivity contribution is 0.396. The Bertz CT molecular complexity index is 377. The van der Waals surface area contributed by atoms with Gasteiger partial charge in [-0.25, -0.2) is 4.57 Å². The molecule has 1 aromatic rings. The smallest absolute Gasteiger partial charge is 0.316 e. The molecule has 0 bridgehead atoms. The van der Waals surface area contributed by atoms with E-state index in [9.17, 15) is 4.57 Å². The Hall–Kier alpha value is 0.780. The third kappa shape index (κ3) is 2.67. The Balaban J connectivity index is 3.17. The second-order valence-electron chi connectivity index (χ2n) is 2.39. The van der Waals surface area contributed by atoms with Gasteiger partial charge in [-0.3, -0.25) is 0 Å². The molecule has 0 aromatic heterocycles. The molecule has 0 heterocycles. The van der Waals surface area contributed by atoms with Crippen molar-refractivity contribution in [2.45, 2.75) is 4.90 Å². The fourth-order valence-corrected chi connectivity index (χ4v) is 3.54. The van der Waals surface area contributed by atoms with E-state index in [4.69, 9.17) is 31.2 Å². The Morgan fingerprint density at radius 2 is 1.64 bits per heavy atom. The van der Waals surface area contributed by atoms with E-state index in [0.717, 1.165) is 4.47 Å². The molecule has 3 nitrogen and oxygen atoms in total. The predicted molar refractivity (Wildman–Crippen MR) is 63.7 cm³/mol. The van der Waals surface area contributed by atoms with E-state index in [-0.39, 0.29) is 4.90 Å². The molecule has 0 unspecified atom stereocenters. The Morgan fingerprint density at radius 3 is 2.00 bits per heavy atom. The normalized spacial score (nSPS) is 14.1. The molecule has 0 saturated heterocycles. The van der Waals surface area contributed by atoms with Crippen LogP contribution in [-0.2, 0) is 4.57 Å². The highest BCUT2D eigenvalue weighted by Gasteiger charge is 2.40. The topological polar surface area (TPSA) is 57.5 Å². The summed E-state index contributed by atoms with van der Waals surface area (Å²) in [6, 6.07) is 6.21. The lowest BCUT2D eigenvalue weighted by Gasteiger charge is -2.25. The van der Waals surface area contributed by atoms with Crippen LogP contribution in [0.2, 0.25) is 0 Å². The Kier molecular flexibility index (Phi) is 3.98. The van der Waals surface area contributed by atoms with Gasteiger partial charge >= 0.3 is 6.80 Å². The summed E-state index contributed by atoms with van der Waals surface area (Å²) in [5.74, 6) is 0. The molecule has 14 heavy (non-hydrogen) atoms. The van der Waals surface area contributed by atoms with E-state index >= 15 is 0 Å². The summed E-state index contributed by atoms with van der Waals surface area (Å²) in [7, 11) is 8.22. The SMILES string of the molecule is O=P(O)(O)S(Cl)(Cl)c1ccc(Br)cc1. The number of rotatable bonds is 2. The summed E-state index contributed by atoms with van der Waals surface area (Å²) < 4.78 is 11.8. The maximum atomic E-state index is 11.0. The lowest BCUT2D eigenvalue weighted by atomic mass is 10.4. The average Bonchev–Trinajstić information content (AvgIpc) is 2.03. The molecule has 2 N–H and O–H groups in total. The van der Waals surface area contributed by atoms with E-state index < -0.39 is 14.9 Å². The van der Waals surface area contributed by atoms with Crippen molar-refractivity contribution in [1.29, 1.82) is 0 Å². The quantitative estimate of drug-likeness (QED) is 0.800. The Labute approximate surface area is 99.8 Å². The van der Waals surface area contributed by atoms with Crippen molar-refractivity contribution >= 4 is 52.2 Å². The van der Waals surface area contributed by atoms with Gasteiger partial charge in [0.2, 0.25) is 0 Å². The summed E-state index contributed by atoms with van der Waals surface area (Å²) in [5, 5.41) is 0. The first kappa shape index (κ1) is 12.8. The summed E-state index contributed by atoms with van der Waals surface area (Å²) >= 11 is 3.19. The van der Waals surface area contributed by atoms with Crippen molar-refractivity contribution in [2.24, 2.45) is 0 Å². The first-order chi connectivity index (χ1) is 6.25. The van der Waals surface area contributed by atoms with Crippen LogP contribution in [0.25, 0.3) is 0 Å². The molecule has 0 spiro atoms. The molecule has 0 saturated carbocycles. The van der Waals surface area contributed by atoms with Gasteiger partial charge in [-0.2, -0.15) is 0 Å². The number of hydrogen-bond acceptors (Lipinski definition) is 1. The van der Waals surface area contributed by atoms with Crippen LogP contribution in [0.1, 0.15) is 0 Å². The molecule has 1 rings (SSSR count). The minimum Gasteiger partial charge on any atom is -0.316 e. The van der Waals surface area contributed by atoms with Gasteiger partial charge in [0.15, 0.2) is 0 Å². The molecule has 0 atom stereocenters. The minimum atomic E-state index is -4.51. The summed E-state index contributed by atoms with van der Waals surface area (Å²) in [6.45, 7) is -4.51. The van der Waals surface area contributed by atoms with Crippen LogP contribution in [0.5, 0.6) is 0 Å². The maximum Gasteiger partial charge on any atom is 0.396 e. The van der Waals surface area contributed by atoms with Crippen LogP contribution in [0.3, 0.4) is 0 Å². The van der Waals surface area contributed by atoms with Gasteiger partial charge in [-0.05, 0) is 45.6 Å². The zero-order chi connectivity index (χ0) is 11.0. The monoisotopic (exact) mass is 338 g/mol. The molecule has 0 aliphatic carbocycles. The third-order valence-electron chi connectivity index (χ3n) is 1.40. The predicted octanol–water partition coefficient (Wildman–Crippen LogP) is 4.01. The molecule has 0 amide bonds. The van der Waals surface area contributed by atoms with Crippen LogP contribution in [0, 0.1) is 0 Å². The van der Waals surface area contributed by atoms with Gasteiger partial charge in [0, 0.05) is 17.4 Å². The van der Waals surface area contributed by atoms with Crippen LogP contribution in [0.15, 0.2) is 33.6 Å². The van der Waals surface area contributed by atoms with Gasteiger partial charge in [-0.1, -0.05) is 15.9 Å². The Morgan fingerprint density at radius 1 is 1.21 bits per heavy atom. The molecule has 0 fully saturated rings. The van der Waals surface area contributed by atoms with Gasteiger partial charge in [-0.15, -0.1) is 0 Å². The minimum absolute atomic E-state index is 0.248. The summed E-state index contributed by atoms with van der Waals surface area (Å²) in [5.41, 5.74) is 0. The molecule has 0 aliphatic rings. The van der Waals surface area contributed by atoms with E-state index in [1.54, 1.807) is 12.1 Å². The molecule has 0 radical (unpaired) electrons. The maximum absolute atomic E-state index is 11.0. The molecule has 8 heteroatoms. The van der Waals surface area contributed by atoms with Crippen LogP contribution >= 0.6 is 52.2 Å². The van der Waals surface area contributed by atoms with E-state index in [0.29, 0.717) is 0 Å². The van der Waals surface area contributed by atoms with Crippen LogP contribution in [0.4, 0.5) is 0 Å². The first-order valence-electron chi connectivity index (χ1n) is 3.29. The van der Waals surface area contributed by atoms with Gasteiger partial charge in [0.25, 0.3) is 0 Å². The average molecular weight is 340 g/mol.